The molecule has 1 aliphatic rings. The summed E-state index contributed by atoms with van der Waals surface area (Å²) in [6.07, 6.45) is 2.19. The van der Waals surface area contributed by atoms with Crippen LogP contribution in [0.4, 0.5) is 10.5 Å². The van der Waals surface area contributed by atoms with Crippen LogP contribution >= 0.6 is 39.1 Å². The number of ether oxygens (including phenoxy) is 1. The molecule has 150 valence electrons. The van der Waals surface area contributed by atoms with Crippen molar-refractivity contribution in [1.82, 2.24) is 5.32 Å². The summed E-state index contributed by atoms with van der Waals surface area (Å²) in [6, 6.07) is 8.69. The van der Waals surface area contributed by atoms with Gasteiger partial charge in [-0.2, -0.15) is 0 Å². The Morgan fingerprint density at radius 1 is 1.10 bits per heavy atom. The van der Waals surface area contributed by atoms with E-state index in [0.29, 0.717) is 17.9 Å². The smallest absolute Gasteiger partial charge is 0.335 e. The van der Waals surface area contributed by atoms with Crippen LogP contribution < -0.4 is 15.0 Å². The number of nitrogens with one attached hydrogen (secondary N) is 1. The van der Waals surface area contributed by atoms with Crippen LogP contribution in [0.3, 0.4) is 0 Å². The second kappa shape index (κ2) is 8.98. The third-order valence-corrected chi connectivity index (χ3v) is 5.23. The minimum Gasteiger partial charge on any atom is -0.493 e. The van der Waals surface area contributed by atoms with E-state index in [1.54, 1.807) is 18.2 Å². The average molecular weight is 498 g/mol. The number of benzene rings is 2. The van der Waals surface area contributed by atoms with Crippen LogP contribution in [0.15, 0.2) is 46.4 Å². The van der Waals surface area contributed by atoms with Gasteiger partial charge in [0.25, 0.3) is 11.8 Å². The molecule has 1 saturated heterocycles. The Morgan fingerprint density at radius 3 is 2.55 bits per heavy atom. The number of nitrogens with zero attached hydrogens (tertiary/aromatic N) is 1. The van der Waals surface area contributed by atoms with Gasteiger partial charge in [-0.25, -0.2) is 9.69 Å². The normalized spacial score (nSPS) is 15.7. The fraction of sp³-hybridized carbons (Fsp3) is 0.150. The summed E-state index contributed by atoms with van der Waals surface area (Å²) in [7, 11) is 0. The second-order valence-corrected chi connectivity index (χ2v) is 7.82. The van der Waals surface area contributed by atoms with E-state index in [0.717, 1.165) is 15.8 Å². The Bertz CT molecular complexity index is 1040. The van der Waals surface area contributed by atoms with E-state index in [-0.39, 0.29) is 21.3 Å². The fourth-order valence-corrected chi connectivity index (χ4v) is 3.32. The van der Waals surface area contributed by atoms with Gasteiger partial charge >= 0.3 is 6.03 Å². The van der Waals surface area contributed by atoms with E-state index in [2.05, 4.69) is 21.2 Å². The standard InChI is InChI=1S/C20H15BrCl2N2O4/c1-2-7-29-17-6-3-12(21)8-11(17)9-14-18(26)24-20(28)25(19(14)27)13-4-5-15(22)16(23)10-13/h3-6,8-10H,2,7H2,1H3,(H,24,26,28)/b14-9+. The van der Waals surface area contributed by atoms with Gasteiger partial charge in [0.05, 0.1) is 22.3 Å². The number of amides is 4. The molecular weight excluding hydrogens is 483 g/mol. The molecule has 1 N–H and O–H groups in total. The summed E-state index contributed by atoms with van der Waals surface area (Å²) >= 11 is 15.3. The molecule has 4 amide bonds. The van der Waals surface area contributed by atoms with E-state index >= 15 is 0 Å². The molecule has 2 aromatic rings. The quantitative estimate of drug-likeness (QED) is 0.454. The van der Waals surface area contributed by atoms with Gasteiger partial charge in [-0.3, -0.25) is 14.9 Å². The molecular formula is C20H15BrCl2N2O4. The summed E-state index contributed by atoms with van der Waals surface area (Å²) in [5.41, 5.74) is 0.502. The highest BCUT2D eigenvalue weighted by molar-refractivity contribution is 9.10. The van der Waals surface area contributed by atoms with E-state index in [4.69, 9.17) is 27.9 Å². The molecule has 0 radical (unpaired) electrons. The Kier molecular flexibility index (Phi) is 6.62. The molecule has 2 aromatic carbocycles. The fourth-order valence-electron chi connectivity index (χ4n) is 2.65. The zero-order valence-corrected chi connectivity index (χ0v) is 18.3. The molecule has 0 atom stereocenters. The summed E-state index contributed by atoms with van der Waals surface area (Å²) in [4.78, 5) is 38.5. The van der Waals surface area contributed by atoms with E-state index < -0.39 is 17.8 Å². The first-order valence-corrected chi connectivity index (χ1v) is 10.2. The van der Waals surface area contributed by atoms with Gasteiger partial charge in [0.2, 0.25) is 0 Å². The number of imide groups is 2. The maximum Gasteiger partial charge on any atom is 0.335 e. The van der Waals surface area contributed by atoms with Gasteiger partial charge in [0, 0.05) is 10.0 Å². The first kappa shape index (κ1) is 21.4. The number of carbonyl (C=O) groups excluding carboxylic acids is 3. The molecule has 0 unspecified atom stereocenters. The Labute approximate surface area is 185 Å². The molecule has 1 heterocycles. The SMILES string of the molecule is CCCOc1ccc(Br)cc1/C=C1\C(=O)NC(=O)N(c2ccc(Cl)c(Cl)c2)C1=O. The largest absolute Gasteiger partial charge is 0.493 e. The Morgan fingerprint density at radius 2 is 1.86 bits per heavy atom. The number of urea groups is 1. The van der Waals surface area contributed by atoms with Crippen molar-refractivity contribution in [2.45, 2.75) is 13.3 Å². The van der Waals surface area contributed by atoms with Crippen LogP contribution in [0.1, 0.15) is 18.9 Å². The molecule has 3 rings (SSSR count). The summed E-state index contributed by atoms with van der Waals surface area (Å²) < 4.78 is 6.44. The molecule has 0 aromatic heterocycles. The molecule has 1 aliphatic heterocycles. The highest BCUT2D eigenvalue weighted by Crippen LogP contribution is 2.31. The topological polar surface area (TPSA) is 75.7 Å². The van der Waals surface area contributed by atoms with Crippen molar-refractivity contribution in [2.24, 2.45) is 0 Å². The van der Waals surface area contributed by atoms with E-state index in [1.807, 2.05) is 6.92 Å². The number of hydrogen-bond acceptors (Lipinski definition) is 4. The highest BCUT2D eigenvalue weighted by atomic mass is 79.9. The number of barbiturate groups is 1. The molecule has 0 saturated carbocycles. The maximum absolute atomic E-state index is 13.0. The monoisotopic (exact) mass is 496 g/mol. The Hall–Kier alpha value is -2.35. The van der Waals surface area contributed by atoms with Gasteiger partial charge < -0.3 is 4.74 Å². The lowest BCUT2D eigenvalue weighted by molar-refractivity contribution is -0.122. The number of halogens is 3. The maximum atomic E-state index is 13.0. The van der Waals surface area contributed by atoms with Crippen molar-refractivity contribution in [1.29, 1.82) is 0 Å². The van der Waals surface area contributed by atoms with Crippen LogP contribution in [-0.2, 0) is 9.59 Å². The van der Waals surface area contributed by atoms with Crippen LogP contribution in [0.2, 0.25) is 10.0 Å². The van der Waals surface area contributed by atoms with Crippen molar-refractivity contribution in [3.8, 4) is 5.75 Å². The van der Waals surface area contributed by atoms with Crippen molar-refractivity contribution in [2.75, 3.05) is 11.5 Å². The van der Waals surface area contributed by atoms with E-state index in [1.165, 1.54) is 24.3 Å². The van der Waals surface area contributed by atoms with Gasteiger partial charge in [0.15, 0.2) is 0 Å². The van der Waals surface area contributed by atoms with Crippen LogP contribution in [0, 0.1) is 0 Å². The molecule has 0 aliphatic carbocycles. The zero-order valence-electron chi connectivity index (χ0n) is 15.2. The number of hydrogen-bond donors (Lipinski definition) is 1. The third-order valence-electron chi connectivity index (χ3n) is 4.00. The van der Waals surface area contributed by atoms with Crippen LogP contribution in [0.5, 0.6) is 5.75 Å². The first-order chi connectivity index (χ1) is 13.8. The van der Waals surface area contributed by atoms with Gasteiger partial charge in [-0.15, -0.1) is 0 Å². The van der Waals surface area contributed by atoms with Crippen molar-refractivity contribution >= 4 is 68.7 Å². The molecule has 6 nitrogen and oxygen atoms in total. The van der Waals surface area contributed by atoms with Gasteiger partial charge in [-0.05, 0) is 48.9 Å². The van der Waals surface area contributed by atoms with Crippen molar-refractivity contribution < 1.29 is 19.1 Å². The van der Waals surface area contributed by atoms with Gasteiger partial charge in [0.1, 0.15) is 11.3 Å². The van der Waals surface area contributed by atoms with E-state index in [9.17, 15) is 14.4 Å². The highest BCUT2D eigenvalue weighted by Gasteiger charge is 2.37. The first-order valence-electron chi connectivity index (χ1n) is 8.60. The lowest BCUT2D eigenvalue weighted by atomic mass is 10.1. The molecule has 0 bridgehead atoms. The average Bonchev–Trinajstić information content (AvgIpc) is 2.67. The predicted molar refractivity (Wildman–Crippen MR) is 115 cm³/mol. The van der Waals surface area contributed by atoms with Crippen molar-refractivity contribution in [3.05, 3.63) is 62.1 Å². The third kappa shape index (κ3) is 4.63. The molecule has 29 heavy (non-hydrogen) atoms. The predicted octanol–water partition coefficient (Wildman–Crippen LogP) is 5.21. The molecule has 9 heteroatoms. The molecule has 0 spiro atoms. The van der Waals surface area contributed by atoms with Gasteiger partial charge in [-0.1, -0.05) is 46.1 Å². The lowest BCUT2D eigenvalue weighted by Gasteiger charge is -2.26. The van der Waals surface area contributed by atoms with Crippen LogP contribution in [0.25, 0.3) is 6.08 Å². The minimum atomic E-state index is -0.868. The summed E-state index contributed by atoms with van der Waals surface area (Å²) in [5.74, 6) is -1.06. The second-order valence-electron chi connectivity index (χ2n) is 6.09. The Balaban J connectivity index is 2.04. The van der Waals surface area contributed by atoms with Crippen LogP contribution in [-0.4, -0.2) is 24.5 Å². The summed E-state index contributed by atoms with van der Waals surface area (Å²) in [5, 5.41) is 2.62. The number of carbonyl (C=O) groups is 3. The van der Waals surface area contributed by atoms with Crippen molar-refractivity contribution in [3.63, 3.8) is 0 Å². The number of anilines is 1. The summed E-state index contributed by atoms with van der Waals surface area (Å²) in [6.45, 7) is 2.45. The lowest BCUT2D eigenvalue weighted by Crippen LogP contribution is -2.54. The number of rotatable bonds is 5. The minimum absolute atomic E-state index is 0.175. The zero-order chi connectivity index (χ0) is 21.1. The molecule has 1 fully saturated rings.